The van der Waals surface area contributed by atoms with Crippen molar-refractivity contribution >= 4 is 40.2 Å². The highest BCUT2D eigenvalue weighted by atomic mass is 35.5. The van der Waals surface area contributed by atoms with E-state index in [2.05, 4.69) is 25.2 Å². The second-order valence-corrected chi connectivity index (χ2v) is 6.67. The summed E-state index contributed by atoms with van der Waals surface area (Å²) < 4.78 is 0. The largest absolute Gasteiger partial charge is 0.341 e. The van der Waals surface area contributed by atoms with E-state index >= 15 is 0 Å². The Morgan fingerprint density at radius 2 is 1.84 bits per heavy atom. The van der Waals surface area contributed by atoms with E-state index in [1.807, 2.05) is 25.1 Å². The van der Waals surface area contributed by atoms with E-state index in [4.69, 9.17) is 16.6 Å². The maximum absolute atomic E-state index is 6.06. The molecular formula is C18H19ClN6. The number of nitrogens with one attached hydrogen (secondary N) is 1. The normalized spacial score (nSPS) is 14.7. The monoisotopic (exact) mass is 354 g/mol. The molecule has 1 aliphatic rings. The molecule has 128 valence electrons. The number of benzene rings is 1. The van der Waals surface area contributed by atoms with Crippen molar-refractivity contribution in [3.63, 3.8) is 0 Å². The Labute approximate surface area is 151 Å². The van der Waals surface area contributed by atoms with E-state index in [1.54, 1.807) is 12.4 Å². The van der Waals surface area contributed by atoms with Crippen molar-refractivity contribution in [2.75, 3.05) is 23.3 Å². The second kappa shape index (κ2) is 6.80. The lowest BCUT2D eigenvalue weighted by atomic mass is 10.1. The van der Waals surface area contributed by atoms with Gasteiger partial charge in [-0.3, -0.25) is 0 Å². The molecule has 1 saturated heterocycles. The maximum Gasteiger partial charge on any atom is 0.229 e. The number of fused-ring (bicyclic) bond motifs is 1. The summed E-state index contributed by atoms with van der Waals surface area (Å²) in [5.41, 5.74) is 3.26. The molecule has 0 saturated carbocycles. The first-order chi connectivity index (χ1) is 12.2. The lowest BCUT2D eigenvalue weighted by Gasteiger charge is -2.27. The van der Waals surface area contributed by atoms with Gasteiger partial charge < -0.3 is 10.2 Å². The van der Waals surface area contributed by atoms with Gasteiger partial charge in [-0.05, 0) is 49.9 Å². The Morgan fingerprint density at radius 1 is 1.04 bits per heavy atom. The Hall–Kier alpha value is -2.47. The summed E-state index contributed by atoms with van der Waals surface area (Å²) >= 11 is 6.06. The summed E-state index contributed by atoms with van der Waals surface area (Å²) in [4.78, 5) is 20.4. The summed E-state index contributed by atoms with van der Waals surface area (Å²) in [6, 6.07) is 5.73. The molecule has 6 nitrogen and oxygen atoms in total. The standard InChI is InChI=1S/C18H19ClN6/c1-12-11-13(19)5-6-14(12)22-17-15-16(21-8-7-20-15)23-18(24-17)25-9-3-2-4-10-25/h5-8,11H,2-4,9-10H2,1H3,(H,21,22,23,24). The lowest BCUT2D eigenvalue weighted by molar-refractivity contribution is 0.569. The fraction of sp³-hybridized carbons (Fsp3) is 0.333. The fourth-order valence-electron chi connectivity index (χ4n) is 3.07. The topological polar surface area (TPSA) is 66.8 Å². The molecule has 1 aromatic carbocycles. The summed E-state index contributed by atoms with van der Waals surface area (Å²) in [7, 11) is 0. The van der Waals surface area contributed by atoms with Crippen LogP contribution in [0.25, 0.3) is 11.2 Å². The van der Waals surface area contributed by atoms with Crippen LogP contribution in [-0.4, -0.2) is 33.0 Å². The average Bonchev–Trinajstić information content (AvgIpc) is 2.64. The van der Waals surface area contributed by atoms with Crippen LogP contribution >= 0.6 is 11.6 Å². The molecule has 0 aliphatic carbocycles. The summed E-state index contributed by atoms with van der Waals surface area (Å²) in [6.07, 6.45) is 6.92. The molecule has 4 rings (SSSR count). The van der Waals surface area contributed by atoms with Crippen LogP contribution in [0.3, 0.4) is 0 Å². The molecule has 1 fully saturated rings. The van der Waals surface area contributed by atoms with Crippen molar-refractivity contribution in [3.05, 3.63) is 41.2 Å². The molecule has 0 unspecified atom stereocenters. The maximum atomic E-state index is 6.06. The van der Waals surface area contributed by atoms with E-state index in [9.17, 15) is 0 Å². The van der Waals surface area contributed by atoms with E-state index in [0.717, 1.165) is 24.3 Å². The van der Waals surface area contributed by atoms with Gasteiger partial charge in [-0.2, -0.15) is 9.97 Å². The molecule has 3 heterocycles. The van der Waals surface area contributed by atoms with Crippen molar-refractivity contribution in [1.29, 1.82) is 0 Å². The Bertz CT molecular complexity index is 907. The molecule has 0 amide bonds. The van der Waals surface area contributed by atoms with Crippen molar-refractivity contribution in [1.82, 2.24) is 19.9 Å². The van der Waals surface area contributed by atoms with Crippen molar-refractivity contribution in [3.8, 4) is 0 Å². The molecule has 0 spiro atoms. The summed E-state index contributed by atoms with van der Waals surface area (Å²) in [5.74, 6) is 1.38. The van der Waals surface area contributed by atoms with Crippen LogP contribution in [0, 0.1) is 6.92 Å². The Kier molecular flexibility index (Phi) is 4.36. The number of aryl methyl sites for hydroxylation is 1. The Morgan fingerprint density at radius 3 is 2.64 bits per heavy atom. The van der Waals surface area contributed by atoms with Gasteiger partial charge in [0.15, 0.2) is 17.0 Å². The van der Waals surface area contributed by atoms with E-state index in [1.165, 1.54) is 19.3 Å². The van der Waals surface area contributed by atoms with Gasteiger partial charge in [-0.1, -0.05) is 11.6 Å². The van der Waals surface area contributed by atoms with Gasteiger partial charge in [0.05, 0.1) is 0 Å². The van der Waals surface area contributed by atoms with Crippen LogP contribution in [0.2, 0.25) is 5.02 Å². The van der Waals surface area contributed by atoms with Crippen LogP contribution in [-0.2, 0) is 0 Å². The molecule has 1 N–H and O–H groups in total. The van der Waals surface area contributed by atoms with Crippen molar-refractivity contribution in [2.45, 2.75) is 26.2 Å². The molecule has 0 radical (unpaired) electrons. The first-order valence-electron chi connectivity index (χ1n) is 8.47. The quantitative estimate of drug-likeness (QED) is 0.763. The molecule has 7 heteroatoms. The van der Waals surface area contributed by atoms with E-state index in [0.29, 0.717) is 28.0 Å². The Balaban J connectivity index is 1.77. The van der Waals surface area contributed by atoms with Gasteiger partial charge in [0.1, 0.15) is 0 Å². The van der Waals surface area contributed by atoms with E-state index in [-0.39, 0.29) is 0 Å². The third-order valence-corrected chi connectivity index (χ3v) is 4.64. The highest BCUT2D eigenvalue weighted by molar-refractivity contribution is 6.30. The van der Waals surface area contributed by atoms with Gasteiger partial charge in [0, 0.05) is 36.2 Å². The molecule has 1 aliphatic heterocycles. The van der Waals surface area contributed by atoms with Crippen LogP contribution in [0.5, 0.6) is 0 Å². The zero-order chi connectivity index (χ0) is 17.2. The van der Waals surface area contributed by atoms with Gasteiger partial charge in [-0.15, -0.1) is 0 Å². The van der Waals surface area contributed by atoms with Crippen LogP contribution in [0.15, 0.2) is 30.6 Å². The zero-order valence-electron chi connectivity index (χ0n) is 14.0. The number of nitrogens with zero attached hydrogens (tertiary/aromatic N) is 5. The molecule has 3 aromatic rings. The molecule has 0 atom stereocenters. The van der Waals surface area contributed by atoms with Crippen LogP contribution in [0.1, 0.15) is 24.8 Å². The predicted molar refractivity (Wildman–Crippen MR) is 101 cm³/mol. The first kappa shape index (κ1) is 16.0. The lowest BCUT2D eigenvalue weighted by Crippen LogP contribution is -2.31. The van der Waals surface area contributed by atoms with Crippen molar-refractivity contribution < 1.29 is 0 Å². The van der Waals surface area contributed by atoms with Crippen LogP contribution < -0.4 is 10.2 Å². The SMILES string of the molecule is Cc1cc(Cl)ccc1Nc1nc(N2CCCCC2)nc2nccnc12. The van der Waals surface area contributed by atoms with Gasteiger partial charge in [-0.25, -0.2) is 9.97 Å². The number of anilines is 3. The molecule has 0 bridgehead atoms. The third kappa shape index (κ3) is 3.35. The molecular weight excluding hydrogens is 336 g/mol. The third-order valence-electron chi connectivity index (χ3n) is 4.40. The number of piperidine rings is 1. The van der Waals surface area contributed by atoms with Crippen LogP contribution in [0.4, 0.5) is 17.5 Å². The number of aromatic nitrogens is 4. The zero-order valence-corrected chi connectivity index (χ0v) is 14.8. The minimum Gasteiger partial charge on any atom is -0.341 e. The molecule has 25 heavy (non-hydrogen) atoms. The predicted octanol–water partition coefficient (Wildman–Crippen LogP) is 4.12. The number of hydrogen-bond donors (Lipinski definition) is 1. The average molecular weight is 355 g/mol. The summed E-state index contributed by atoms with van der Waals surface area (Å²) in [6.45, 7) is 3.96. The highest BCUT2D eigenvalue weighted by Gasteiger charge is 2.17. The summed E-state index contributed by atoms with van der Waals surface area (Å²) in [5, 5.41) is 4.10. The fourth-order valence-corrected chi connectivity index (χ4v) is 3.30. The minimum absolute atomic E-state index is 0.604. The molecule has 2 aromatic heterocycles. The van der Waals surface area contributed by atoms with Gasteiger partial charge in [0.2, 0.25) is 5.95 Å². The number of halogens is 1. The first-order valence-corrected chi connectivity index (χ1v) is 8.85. The number of hydrogen-bond acceptors (Lipinski definition) is 6. The highest BCUT2D eigenvalue weighted by Crippen LogP contribution is 2.27. The van der Waals surface area contributed by atoms with Gasteiger partial charge >= 0.3 is 0 Å². The van der Waals surface area contributed by atoms with E-state index < -0.39 is 0 Å². The minimum atomic E-state index is 0.604. The van der Waals surface area contributed by atoms with Gasteiger partial charge in [0.25, 0.3) is 0 Å². The second-order valence-electron chi connectivity index (χ2n) is 6.23. The smallest absolute Gasteiger partial charge is 0.229 e. The van der Waals surface area contributed by atoms with Crippen molar-refractivity contribution in [2.24, 2.45) is 0 Å². The number of rotatable bonds is 3.